The van der Waals surface area contributed by atoms with Gasteiger partial charge in [-0.2, -0.15) is 0 Å². The molecular formula is C20H27N3O3. The van der Waals surface area contributed by atoms with E-state index >= 15 is 0 Å². The van der Waals surface area contributed by atoms with E-state index in [9.17, 15) is 9.59 Å². The first-order valence-electron chi connectivity index (χ1n) is 9.17. The minimum absolute atomic E-state index is 0.0861. The highest BCUT2D eigenvalue weighted by Gasteiger charge is 2.41. The van der Waals surface area contributed by atoms with Crippen molar-refractivity contribution < 1.29 is 14.3 Å². The molecule has 0 N–H and O–H groups in total. The Balaban J connectivity index is 1.78. The van der Waals surface area contributed by atoms with Crippen molar-refractivity contribution in [2.75, 3.05) is 26.7 Å². The summed E-state index contributed by atoms with van der Waals surface area (Å²) in [5, 5.41) is 0. The van der Waals surface area contributed by atoms with Crippen LogP contribution in [0.15, 0.2) is 29.8 Å². The number of hydrogen-bond acceptors (Lipinski definition) is 4. The lowest BCUT2D eigenvalue weighted by molar-refractivity contribution is -0.139. The largest absolute Gasteiger partial charge is 0.378 e. The maximum Gasteiger partial charge on any atom is 0.272 e. The topological polar surface area (TPSA) is 62.7 Å². The lowest BCUT2D eigenvalue weighted by Crippen LogP contribution is -2.48. The third-order valence-corrected chi connectivity index (χ3v) is 5.09. The van der Waals surface area contributed by atoms with Crippen molar-refractivity contribution >= 4 is 11.8 Å². The number of ether oxygens (including phenoxy) is 1. The second kappa shape index (κ2) is 7.99. The highest BCUT2D eigenvalue weighted by molar-refractivity contribution is 5.93. The number of piperidine rings is 1. The Labute approximate surface area is 154 Å². The summed E-state index contributed by atoms with van der Waals surface area (Å²) >= 11 is 0. The normalized spacial score (nSPS) is 22.3. The third kappa shape index (κ3) is 3.96. The number of amides is 2. The highest BCUT2D eigenvalue weighted by Crippen LogP contribution is 2.29. The van der Waals surface area contributed by atoms with E-state index in [-0.39, 0.29) is 23.8 Å². The van der Waals surface area contributed by atoms with Gasteiger partial charge in [-0.1, -0.05) is 17.7 Å². The summed E-state index contributed by atoms with van der Waals surface area (Å²) in [4.78, 5) is 33.9. The Kier molecular flexibility index (Phi) is 5.71. The van der Waals surface area contributed by atoms with Crippen LogP contribution in [0.25, 0.3) is 0 Å². The zero-order valence-corrected chi connectivity index (χ0v) is 15.8. The molecule has 0 aromatic carbocycles. The van der Waals surface area contributed by atoms with Crippen LogP contribution in [0.2, 0.25) is 0 Å². The van der Waals surface area contributed by atoms with Gasteiger partial charge < -0.3 is 14.5 Å². The van der Waals surface area contributed by atoms with Crippen LogP contribution < -0.4 is 0 Å². The molecule has 3 aliphatic rings. The van der Waals surface area contributed by atoms with E-state index in [0.29, 0.717) is 31.9 Å². The fourth-order valence-electron chi connectivity index (χ4n) is 3.72. The Morgan fingerprint density at radius 2 is 2.12 bits per heavy atom. The van der Waals surface area contributed by atoms with Crippen LogP contribution in [0.4, 0.5) is 0 Å². The maximum atomic E-state index is 13.0. The minimum atomic E-state index is -0.106. The van der Waals surface area contributed by atoms with Crippen molar-refractivity contribution in [2.45, 2.75) is 39.3 Å². The van der Waals surface area contributed by atoms with Gasteiger partial charge in [0.25, 0.3) is 5.91 Å². The van der Waals surface area contributed by atoms with Crippen LogP contribution >= 0.6 is 0 Å². The van der Waals surface area contributed by atoms with E-state index in [2.05, 4.69) is 11.1 Å². The Bertz CT molecular complexity index is 712. The van der Waals surface area contributed by atoms with Crippen molar-refractivity contribution in [3.05, 3.63) is 41.2 Å². The number of methoxy groups -OCH3 is 1. The number of nitrogens with zero attached hydrogens (tertiary/aromatic N) is 3. The van der Waals surface area contributed by atoms with Gasteiger partial charge in [0.1, 0.15) is 5.69 Å². The highest BCUT2D eigenvalue weighted by atomic mass is 16.5. The van der Waals surface area contributed by atoms with Gasteiger partial charge >= 0.3 is 0 Å². The summed E-state index contributed by atoms with van der Waals surface area (Å²) in [6.45, 7) is 6.14. The first-order chi connectivity index (χ1) is 12.5. The van der Waals surface area contributed by atoms with Gasteiger partial charge in [-0.05, 0) is 38.8 Å². The first-order valence-corrected chi connectivity index (χ1v) is 9.17. The molecule has 4 heterocycles. The van der Waals surface area contributed by atoms with Crippen LogP contribution in [0.5, 0.6) is 0 Å². The maximum absolute atomic E-state index is 13.0. The van der Waals surface area contributed by atoms with E-state index in [4.69, 9.17) is 4.74 Å². The molecule has 4 rings (SSSR count). The van der Waals surface area contributed by atoms with Crippen LogP contribution in [0, 0.1) is 5.92 Å². The average molecular weight is 357 g/mol. The summed E-state index contributed by atoms with van der Waals surface area (Å²) in [6.07, 6.45) is 3.89. The molecule has 2 atom stereocenters. The zero-order chi connectivity index (χ0) is 18.7. The van der Waals surface area contributed by atoms with Crippen LogP contribution in [-0.4, -0.2) is 59.4 Å². The third-order valence-electron chi connectivity index (χ3n) is 5.09. The van der Waals surface area contributed by atoms with E-state index in [1.165, 1.54) is 5.57 Å². The molecule has 2 bridgehead atoms. The molecule has 0 spiro atoms. The number of pyridine rings is 1. The molecule has 3 fully saturated rings. The molecule has 0 saturated carbocycles. The molecule has 0 unspecified atom stereocenters. The van der Waals surface area contributed by atoms with Crippen LogP contribution in [0.3, 0.4) is 0 Å². The standard InChI is InChI=1S/C20H27N3O3/c1-14(2)9-10-23-17-8-7-15(19(23)24)11-22(12-17)20(25)18-6-4-5-16(21-18)13-26-3/h4-6,9,15,17H,7-8,10-13H2,1-3H3/t15-,17+/m1/s1. The summed E-state index contributed by atoms with van der Waals surface area (Å²) in [5.74, 6) is -0.0303. The number of aromatic nitrogens is 1. The number of fused-ring (bicyclic) bond motifs is 4. The predicted octanol–water partition coefficient (Wildman–Crippen LogP) is 2.26. The van der Waals surface area contributed by atoms with Gasteiger partial charge in [0, 0.05) is 32.8 Å². The Hall–Kier alpha value is -2.21. The second-order valence-corrected chi connectivity index (χ2v) is 7.36. The molecule has 3 saturated heterocycles. The molecular weight excluding hydrogens is 330 g/mol. The van der Waals surface area contributed by atoms with Crippen LogP contribution in [0.1, 0.15) is 42.9 Å². The predicted molar refractivity (Wildman–Crippen MR) is 98.5 cm³/mol. The van der Waals surface area contributed by atoms with Crippen molar-refractivity contribution in [1.29, 1.82) is 0 Å². The molecule has 140 valence electrons. The molecule has 0 radical (unpaired) electrons. The van der Waals surface area contributed by atoms with Crippen LogP contribution in [-0.2, 0) is 16.1 Å². The van der Waals surface area contributed by atoms with E-state index in [0.717, 1.165) is 18.5 Å². The van der Waals surface area contributed by atoms with Gasteiger partial charge in [0.2, 0.25) is 5.91 Å². The smallest absolute Gasteiger partial charge is 0.272 e. The number of hydrogen-bond donors (Lipinski definition) is 0. The van der Waals surface area contributed by atoms with Gasteiger partial charge in [-0.25, -0.2) is 4.98 Å². The number of carbonyl (C=O) groups is 2. The lowest BCUT2D eigenvalue weighted by atomic mass is 9.94. The molecule has 2 amide bonds. The average Bonchev–Trinajstić information content (AvgIpc) is 2.91. The van der Waals surface area contributed by atoms with Crippen molar-refractivity contribution in [3.63, 3.8) is 0 Å². The fraction of sp³-hybridized carbons (Fsp3) is 0.550. The fourth-order valence-corrected chi connectivity index (χ4v) is 3.72. The summed E-state index contributed by atoms with van der Waals surface area (Å²) in [7, 11) is 1.61. The SMILES string of the molecule is COCc1cccc(C(=O)N2C[C@H]3CC[C@@H](C2)N(CC=C(C)C)C3=O)n1. The molecule has 6 nitrogen and oxygen atoms in total. The quantitative estimate of drug-likeness (QED) is 0.759. The van der Waals surface area contributed by atoms with Gasteiger partial charge in [0.15, 0.2) is 0 Å². The number of allylic oxidation sites excluding steroid dienone is 1. The summed E-state index contributed by atoms with van der Waals surface area (Å²) in [6, 6.07) is 5.49. The van der Waals surface area contributed by atoms with Crippen molar-refractivity contribution in [2.24, 2.45) is 5.92 Å². The molecule has 6 heteroatoms. The molecule has 0 aliphatic carbocycles. The number of rotatable bonds is 5. The molecule has 3 aliphatic heterocycles. The van der Waals surface area contributed by atoms with Gasteiger partial charge in [0.05, 0.1) is 18.2 Å². The molecule has 26 heavy (non-hydrogen) atoms. The van der Waals surface area contributed by atoms with Crippen molar-refractivity contribution in [3.8, 4) is 0 Å². The van der Waals surface area contributed by atoms with Gasteiger partial charge in [-0.3, -0.25) is 9.59 Å². The summed E-state index contributed by atoms with van der Waals surface area (Å²) in [5.41, 5.74) is 2.35. The number of carbonyl (C=O) groups excluding carboxylic acids is 2. The van der Waals surface area contributed by atoms with Gasteiger partial charge in [-0.15, -0.1) is 0 Å². The monoisotopic (exact) mass is 357 g/mol. The Morgan fingerprint density at radius 1 is 1.31 bits per heavy atom. The van der Waals surface area contributed by atoms with E-state index in [1.54, 1.807) is 13.2 Å². The molecule has 1 aromatic rings. The second-order valence-electron chi connectivity index (χ2n) is 7.36. The van der Waals surface area contributed by atoms with E-state index in [1.807, 2.05) is 35.8 Å². The van der Waals surface area contributed by atoms with E-state index < -0.39 is 0 Å². The molecule has 1 aromatic heterocycles. The lowest BCUT2D eigenvalue weighted by Gasteiger charge is -2.35. The first kappa shape index (κ1) is 18.6. The summed E-state index contributed by atoms with van der Waals surface area (Å²) < 4.78 is 5.10. The van der Waals surface area contributed by atoms with Crippen molar-refractivity contribution in [1.82, 2.24) is 14.8 Å². The Morgan fingerprint density at radius 3 is 2.85 bits per heavy atom. The zero-order valence-electron chi connectivity index (χ0n) is 15.8. The minimum Gasteiger partial charge on any atom is -0.378 e.